The summed E-state index contributed by atoms with van der Waals surface area (Å²) in [5, 5.41) is 0. The summed E-state index contributed by atoms with van der Waals surface area (Å²) in [6, 6.07) is 0. The molecule has 0 aromatic carbocycles. The Morgan fingerprint density at radius 2 is 0.524 bits per heavy atom. The zero-order valence-corrected chi connectivity index (χ0v) is 22.3. The number of rotatable bonds is 0. The maximum Gasteiger partial charge on any atom is 3.00 e. The standard InChI is InChI=1S/Al.Ca.K.Mg.4O3Si.H2O/c;;;;4*1-4(2)3;/h;;;;;;;;1H2/q+3;+2;+1;+2;4*-2;. The zero-order chi connectivity index (χ0) is 14.3. The molecule has 0 atom stereocenters. The van der Waals surface area contributed by atoms with Crippen LogP contribution in [0.4, 0.5) is 0 Å². The molecule has 0 amide bonds. The molecule has 0 saturated carbocycles. The maximum atomic E-state index is 8.52. The Hall–Kier alpha value is 2.62. The monoisotopic (exact) mass is 452 g/mol. The molecule has 0 bridgehead atoms. The molecule has 0 radical (unpaired) electrons. The first-order valence-corrected chi connectivity index (χ1v) is 7.35. The van der Waals surface area contributed by atoms with E-state index in [-0.39, 0.29) is 135 Å². The summed E-state index contributed by atoms with van der Waals surface area (Å²) in [4.78, 5) is 68.1. The van der Waals surface area contributed by atoms with Crippen molar-refractivity contribution in [1.82, 2.24) is 0 Å². The molecule has 0 saturated heterocycles. The van der Waals surface area contributed by atoms with E-state index in [0.717, 1.165) is 0 Å². The minimum atomic E-state index is -3.63. The van der Waals surface area contributed by atoms with Gasteiger partial charge in [-0.3, -0.25) is 0 Å². The van der Waals surface area contributed by atoms with Crippen molar-refractivity contribution < 1.29 is 113 Å². The van der Waals surface area contributed by atoms with E-state index >= 15 is 0 Å². The van der Waals surface area contributed by atoms with E-state index in [1.54, 1.807) is 0 Å². The number of hydrogen-bond acceptors (Lipinski definition) is 12. The van der Waals surface area contributed by atoms with Crippen molar-refractivity contribution >= 4 is 115 Å². The minimum Gasteiger partial charge on any atom is -0.672 e. The van der Waals surface area contributed by atoms with Crippen LogP contribution in [-0.4, -0.2) is 120 Å². The van der Waals surface area contributed by atoms with Gasteiger partial charge in [0.25, 0.3) is 0 Å². The first-order chi connectivity index (χ1) is 6.93. The van der Waals surface area contributed by atoms with Crippen molar-refractivity contribution in [2.45, 2.75) is 0 Å². The summed E-state index contributed by atoms with van der Waals surface area (Å²) < 4.78 is 34.1. The van der Waals surface area contributed by atoms with Crippen LogP contribution in [0.25, 0.3) is 0 Å². The third-order valence-corrected chi connectivity index (χ3v) is 0. The molecule has 0 spiro atoms. The van der Waals surface area contributed by atoms with E-state index in [1.165, 1.54) is 0 Å². The van der Waals surface area contributed by atoms with Crippen molar-refractivity contribution in [3.8, 4) is 0 Å². The van der Waals surface area contributed by atoms with E-state index in [9.17, 15) is 0 Å². The van der Waals surface area contributed by atoms with Gasteiger partial charge in [0.1, 0.15) is 0 Å². The van der Waals surface area contributed by atoms with Crippen LogP contribution in [-0.2, 0) is 17.8 Å². The van der Waals surface area contributed by atoms with Gasteiger partial charge in [-0.25, -0.2) is 0 Å². The van der Waals surface area contributed by atoms with Crippen LogP contribution in [0.3, 0.4) is 0 Å². The molecule has 0 aromatic heterocycles. The van der Waals surface area contributed by atoms with Crippen LogP contribution >= 0.6 is 0 Å². The second-order valence-electron chi connectivity index (χ2n) is 1.00. The molecule has 0 aromatic rings. The van der Waals surface area contributed by atoms with Gasteiger partial charge in [-0.2, -0.15) is 0 Å². The van der Waals surface area contributed by atoms with Crippen LogP contribution in [0.2, 0.25) is 0 Å². The summed E-state index contributed by atoms with van der Waals surface area (Å²) in [5.74, 6) is 0. The zero-order valence-electron chi connectivity index (χ0n) is 10.4. The van der Waals surface area contributed by atoms with Gasteiger partial charge in [-0.1, -0.05) is 0 Å². The van der Waals surface area contributed by atoms with Gasteiger partial charge in [0.2, 0.25) is 0 Å². The van der Waals surface area contributed by atoms with Crippen LogP contribution < -0.4 is 89.7 Å². The van der Waals surface area contributed by atoms with Gasteiger partial charge in [-0.05, 0) is 0 Å². The van der Waals surface area contributed by atoms with Gasteiger partial charge in [0.05, 0.1) is 0 Å². The molecule has 2 N–H and O–H groups in total. The van der Waals surface area contributed by atoms with Gasteiger partial charge < -0.3 is 61.7 Å². The Morgan fingerprint density at radius 3 is 0.524 bits per heavy atom. The Labute approximate surface area is 223 Å². The Bertz CT molecular complexity index is 176. The summed E-state index contributed by atoms with van der Waals surface area (Å²) in [7, 11) is -14.5. The second kappa shape index (κ2) is 49.5. The van der Waals surface area contributed by atoms with Gasteiger partial charge in [-0.15, -0.1) is 0 Å². The van der Waals surface area contributed by atoms with Crippen molar-refractivity contribution in [3.05, 3.63) is 0 Å². The largest absolute Gasteiger partial charge is 3.00 e. The SMILES string of the molecule is O.O=[Si]([O-])[O-].O=[Si]([O-])[O-].O=[Si]([O-])[O-].O=[Si]([O-])[O-].[Al+3].[Ca+2].[K+].[Mg+2]. The Kier molecular flexibility index (Phi) is 133. The van der Waals surface area contributed by atoms with Crippen molar-refractivity contribution in [2.24, 2.45) is 0 Å². The molecular formula is H2AlCaKMgO13Si4. The minimum absolute atomic E-state index is 0. The molecule has 104 valence electrons. The van der Waals surface area contributed by atoms with Crippen LogP contribution in [0.15, 0.2) is 0 Å². The smallest absolute Gasteiger partial charge is 0.672 e. The van der Waals surface area contributed by atoms with E-state index < -0.39 is 36.7 Å². The van der Waals surface area contributed by atoms with Crippen LogP contribution in [0, 0.1) is 0 Å². The molecule has 0 aliphatic carbocycles. The molecule has 0 rings (SSSR count). The van der Waals surface area contributed by atoms with Crippen molar-refractivity contribution in [1.29, 1.82) is 0 Å². The molecule has 13 nitrogen and oxygen atoms in total. The van der Waals surface area contributed by atoms with Gasteiger partial charge in [0.15, 0.2) is 0 Å². The predicted octanol–water partition coefficient (Wildman–Crippen LogP) is -16.5. The van der Waals surface area contributed by atoms with Crippen molar-refractivity contribution in [2.75, 3.05) is 0 Å². The third kappa shape index (κ3) is 1400. The average Bonchev–Trinajstić information content (AvgIpc) is 1.76. The Balaban J connectivity index is -0.0000000121. The molecule has 0 fully saturated rings. The quantitative estimate of drug-likeness (QED) is 0.309. The predicted molar refractivity (Wildman–Crippen MR) is 46.6 cm³/mol. The molecule has 0 heterocycles. The average molecular weight is 453 g/mol. The van der Waals surface area contributed by atoms with E-state index in [0.29, 0.717) is 0 Å². The second-order valence-corrected chi connectivity index (χ2v) is 3.00. The molecule has 0 aliphatic rings. The first-order valence-electron chi connectivity index (χ1n) is 2.45. The first kappa shape index (κ1) is 56.5. The summed E-state index contributed by atoms with van der Waals surface area (Å²) in [5.41, 5.74) is 0. The van der Waals surface area contributed by atoms with Gasteiger partial charge >= 0.3 is 130 Å². The van der Waals surface area contributed by atoms with Gasteiger partial charge in [0, 0.05) is 36.7 Å². The molecular weight excluding hydrogens is 451 g/mol. The van der Waals surface area contributed by atoms with Crippen LogP contribution in [0.5, 0.6) is 0 Å². The van der Waals surface area contributed by atoms with E-state index in [4.69, 9.17) is 56.2 Å². The summed E-state index contributed by atoms with van der Waals surface area (Å²) in [6.45, 7) is 0. The fourth-order valence-corrected chi connectivity index (χ4v) is 0. The summed E-state index contributed by atoms with van der Waals surface area (Å²) in [6.07, 6.45) is 0. The topological polar surface area (TPSA) is 284 Å². The summed E-state index contributed by atoms with van der Waals surface area (Å²) >= 11 is 0. The molecule has 0 aliphatic heterocycles. The fourth-order valence-electron chi connectivity index (χ4n) is 0. The molecule has 0 unspecified atom stereocenters. The number of hydrogen-bond donors (Lipinski definition) is 0. The maximum absolute atomic E-state index is 8.52. The van der Waals surface area contributed by atoms with E-state index in [2.05, 4.69) is 0 Å². The fraction of sp³-hybridized carbons (Fsp3) is 0. The third-order valence-electron chi connectivity index (χ3n) is 0. The molecule has 21 heavy (non-hydrogen) atoms. The van der Waals surface area contributed by atoms with Crippen LogP contribution in [0.1, 0.15) is 0 Å². The Morgan fingerprint density at radius 1 is 0.524 bits per heavy atom. The van der Waals surface area contributed by atoms with E-state index in [1.807, 2.05) is 0 Å². The molecule has 21 heteroatoms. The van der Waals surface area contributed by atoms with Crippen molar-refractivity contribution in [3.63, 3.8) is 0 Å². The normalized spacial score (nSPS) is 4.57.